The molecule has 0 fully saturated rings. The van der Waals surface area contributed by atoms with Crippen molar-refractivity contribution < 1.29 is 17.1 Å². The molecule has 0 N–H and O–H groups in total. The van der Waals surface area contributed by atoms with Crippen LogP contribution in [0.4, 0.5) is 0 Å². The van der Waals surface area contributed by atoms with E-state index in [1.165, 1.54) is 15.9 Å². The van der Waals surface area contributed by atoms with Crippen molar-refractivity contribution in [1.29, 1.82) is 0 Å². The van der Waals surface area contributed by atoms with Crippen LogP contribution in [-0.2, 0) is 17.1 Å². The van der Waals surface area contributed by atoms with E-state index in [0.29, 0.717) is 8.47 Å². The van der Waals surface area contributed by atoms with E-state index in [4.69, 9.17) is 0 Å². The molecule has 1 nitrogen and oxygen atoms in total. The Labute approximate surface area is 172 Å². The first-order valence-electron chi connectivity index (χ1n) is 9.24. The van der Waals surface area contributed by atoms with Gasteiger partial charge in [0, 0.05) is 0 Å². The maximum absolute atomic E-state index is 15.0. The molecule has 0 aromatic heterocycles. The normalized spacial score (nSPS) is 15.4. The van der Waals surface area contributed by atoms with Gasteiger partial charge in [0.15, 0.2) is 0 Å². The molecular weight excluding hydrogens is 464 g/mol. The van der Waals surface area contributed by atoms with Crippen molar-refractivity contribution in [3.05, 3.63) is 121 Å². The van der Waals surface area contributed by atoms with E-state index in [1.807, 2.05) is 36.4 Å². The van der Waals surface area contributed by atoms with E-state index < -0.39 is 19.1 Å². The van der Waals surface area contributed by atoms with Crippen LogP contribution in [0, 0.1) is 0 Å². The molecule has 143 valence electrons. The van der Waals surface area contributed by atoms with E-state index >= 15 is 3.57 Å². The predicted molar refractivity (Wildman–Crippen MR) is 123 cm³/mol. The molecule has 28 heavy (non-hydrogen) atoms. The van der Waals surface area contributed by atoms with E-state index in [2.05, 4.69) is 84.9 Å². The third kappa shape index (κ3) is 3.18. The zero-order valence-electron chi connectivity index (χ0n) is 15.8. The maximum atomic E-state index is 15.0. The molecule has 1 unspecified atom stereocenters. The van der Waals surface area contributed by atoms with Crippen LogP contribution in [0.1, 0.15) is 0 Å². The van der Waals surface area contributed by atoms with Crippen LogP contribution < -0.4 is 20.1 Å². The topological polar surface area (TPSA) is 17.1 Å². The Kier molecular flexibility index (Phi) is 5.60. The summed E-state index contributed by atoms with van der Waals surface area (Å²) >= 11 is -3.48. The van der Waals surface area contributed by atoms with Crippen LogP contribution in [0.25, 0.3) is 0 Å². The van der Waals surface area contributed by atoms with Crippen LogP contribution in [0.3, 0.4) is 0 Å². The summed E-state index contributed by atoms with van der Waals surface area (Å²) in [6.07, 6.45) is 0. The summed E-state index contributed by atoms with van der Waals surface area (Å²) < 4.78 is 16.1. The number of benzene rings is 4. The number of hydrogen-bond donors (Lipinski definition) is 0. The fourth-order valence-electron chi connectivity index (χ4n) is 3.86. The molecule has 0 radical (unpaired) electrons. The second-order valence-electron chi connectivity index (χ2n) is 6.75. The Bertz CT molecular complexity index is 990. The first kappa shape index (κ1) is 19.3. The molecule has 0 saturated carbocycles. The zero-order chi connectivity index (χ0) is 19.5. The van der Waals surface area contributed by atoms with E-state index in [0.717, 1.165) is 4.16 Å². The predicted octanol–water partition coefficient (Wildman–Crippen LogP) is 2.73. The molecule has 0 aliphatic heterocycles. The summed E-state index contributed by atoms with van der Waals surface area (Å²) in [6.45, 7) is 0. The number of hydrogen-bond acceptors (Lipinski definition) is 1. The van der Waals surface area contributed by atoms with Crippen molar-refractivity contribution in [3.8, 4) is 0 Å². The van der Waals surface area contributed by atoms with Gasteiger partial charge in [-0.2, -0.15) is 0 Å². The van der Waals surface area contributed by atoms with Gasteiger partial charge in [-0.1, -0.05) is 0 Å². The van der Waals surface area contributed by atoms with Gasteiger partial charge in [-0.05, 0) is 0 Å². The average Bonchev–Trinajstić information content (AvgIpc) is 2.77. The van der Waals surface area contributed by atoms with Crippen molar-refractivity contribution in [1.82, 2.24) is 0 Å². The van der Waals surface area contributed by atoms with Crippen LogP contribution in [0.5, 0.6) is 0 Å². The minimum absolute atomic E-state index is 0.673. The Morgan fingerprint density at radius 2 is 0.786 bits per heavy atom. The van der Waals surface area contributed by atoms with Gasteiger partial charge in [0.25, 0.3) is 0 Å². The van der Waals surface area contributed by atoms with Gasteiger partial charge in [-0.25, -0.2) is 0 Å². The van der Waals surface area contributed by atoms with Crippen molar-refractivity contribution in [2.45, 2.75) is 0 Å². The van der Waals surface area contributed by atoms with E-state index in [1.54, 1.807) is 0 Å². The molecular formula is C24H24OPRuSi. The molecule has 0 amide bonds. The van der Waals surface area contributed by atoms with Gasteiger partial charge >= 0.3 is 173 Å². The fraction of sp³-hybridized carbons (Fsp3) is 0. The average molecular weight is 489 g/mol. The van der Waals surface area contributed by atoms with Crippen molar-refractivity contribution in [3.63, 3.8) is 0 Å². The molecule has 0 saturated heterocycles. The molecule has 4 heteroatoms. The summed E-state index contributed by atoms with van der Waals surface area (Å²) in [5, 5.41) is 3.73. The summed E-state index contributed by atoms with van der Waals surface area (Å²) in [4.78, 5) is 0. The van der Waals surface area contributed by atoms with Gasteiger partial charge in [-0.15, -0.1) is 0 Å². The van der Waals surface area contributed by atoms with E-state index in [9.17, 15) is 0 Å². The minimum atomic E-state index is -3.48. The monoisotopic (exact) mass is 489 g/mol. The third-order valence-electron chi connectivity index (χ3n) is 5.11. The Balaban J connectivity index is 2.15. The summed E-state index contributed by atoms with van der Waals surface area (Å²) in [7, 11) is 0.673. The molecule has 0 bridgehead atoms. The molecule has 0 aliphatic carbocycles. The molecule has 0 aliphatic rings. The Morgan fingerprint density at radius 1 is 0.500 bits per heavy atom. The standard InChI is InChI=1S/C18H15P.C6H5.O.Ru.H3Si/c1-4-10-16(11-5-1)19(17-12-6-2-7-13-17)18-14-8-3-9-15-18;1-2-4-6-5-3-1;;;/h1-15H;1-5H;;;1H3/q;;;-1;/p+1. The number of rotatable bonds is 5. The van der Waals surface area contributed by atoms with Gasteiger partial charge in [0.05, 0.1) is 0 Å². The van der Waals surface area contributed by atoms with Crippen molar-refractivity contribution in [2.75, 3.05) is 0 Å². The second kappa shape index (κ2) is 8.13. The van der Waals surface area contributed by atoms with Crippen LogP contribution >= 0.6 is 5.59 Å². The molecule has 0 spiro atoms. The molecule has 4 aromatic carbocycles. The third-order valence-corrected chi connectivity index (χ3v) is 37.0. The zero-order valence-corrected chi connectivity index (χ0v) is 20.5. The quantitative estimate of drug-likeness (QED) is 0.312. The molecule has 4 aromatic rings. The van der Waals surface area contributed by atoms with Crippen LogP contribution in [0.2, 0.25) is 0 Å². The summed E-state index contributed by atoms with van der Waals surface area (Å²) in [6, 6.07) is 42.1. The van der Waals surface area contributed by atoms with Crippen LogP contribution in [-0.4, -0.2) is 8.47 Å². The van der Waals surface area contributed by atoms with Gasteiger partial charge in [-0.3, -0.25) is 0 Å². The molecule has 1 atom stereocenters. The van der Waals surface area contributed by atoms with Crippen molar-refractivity contribution >= 4 is 34.1 Å². The Hall–Kier alpha value is -2.05. The van der Waals surface area contributed by atoms with Crippen LogP contribution in [0.15, 0.2) is 121 Å². The first-order chi connectivity index (χ1) is 13.7. The Morgan fingerprint density at radius 3 is 1.11 bits per heavy atom. The fourth-order valence-corrected chi connectivity index (χ4v) is 36.2. The molecule has 0 heterocycles. The van der Waals surface area contributed by atoms with Crippen molar-refractivity contribution in [2.24, 2.45) is 0 Å². The first-order valence-corrected chi connectivity index (χ1v) is 21.2. The second-order valence-corrected chi connectivity index (χ2v) is 32.3. The van der Waals surface area contributed by atoms with Gasteiger partial charge in [0.1, 0.15) is 0 Å². The SMILES string of the molecule is [O]=[Ru]([SiH3])([c]1ccccc1)[PH](c1ccccc1)(c1ccccc1)c1ccccc1. The van der Waals surface area contributed by atoms with Gasteiger partial charge in [0.2, 0.25) is 0 Å². The van der Waals surface area contributed by atoms with E-state index in [-0.39, 0.29) is 0 Å². The summed E-state index contributed by atoms with van der Waals surface area (Å²) in [5.41, 5.74) is -2.72. The van der Waals surface area contributed by atoms with Gasteiger partial charge < -0.3 is 0 Å². The summed E-state index contributed by atoms with van der Waals surface area (Å²) in [5.74, 6) is 0. The molecule has 4 rings (SSSR count).